The SMILES string of the molecule is O=[N+]([O-])c1cc(C(F)(F)F)cc([N+](=O)[O-])c1N/N=C\c1ccco1. The van der Waals surface area contributed by atoms with Gasteiger partial charge in [0.2, 0.25) is 5.69 Å². The zero-order valence-electron chi connectivity index (χ0n) is 11.5. The summed E-state index contributed by atoms with van der Waals surface area (Å²) in [6, 6.07) is 3.38. The average Bonchev–Trinajstić information content (AvgIpc) is 2.98. The highest BCUT2D eigenvalue weighted by Crippen LogP contribution is 2.41. The first-order valence-corrected chi connectivity index (χ1v) is 6.06. The molecule has 0 aliphatic heterocycles. The molecule has 0 aliphatic carbocycles. The number of nitro groups is 2. The van der Waals surface area contributed by atoms with Crippen molar-refractivity contribution in [1.82, 2.24) is 0 Å². The topological polar surface area (TPSA) is 124 Å². The van der Waals surface area contributed by atoms with E-state index in [2.05, 4.69) is 5.10 Å². The summed E-state index contributed by atoms with van der Waals surface area (Å²) in [4.78, 5) is 19.6. The molecule has 0 amide bonds. The molecule has 12 heteroatoms. The number of nitrogens with one attached hydrogen (secondary N) is 1. The van der Waals surface area contributed by atoms with Gasteiger partial charge in [0.15, 0.2) is 0 Å². The fourth-order valence-electron chi connectivity index (χ4n) is 1.70. The maximum absolute atomic E-state index is 12.7. The number of furan rings is 1. The Morgan fingerprint density at radius 1 is 1.17 bits per heavy atom. The fraction of sp³-hybridized carbons (Fsp3) is 0.0833. The number of halogens is 3. The number of nitro benzene ring substituents is 2. The van der Waals surface area contributed by atoms with Crippen molar-refractivity contribution >= 4 is 23.3 Å². The monoisotopic (exact) mass is 344 g/mol. The molecule has 0 fully saturated rings. The lowest BCUT2D eigenvalue weighted by atomic mass is 10.1. The van der Waals surface area contributed by atoms with Crippen molar-refractivity contribution in [2.24, 2.45) is 5.10 Å². The van der Waals surface area contributed by atoms with Crippen molar-refractivity contribution in [2.45, 2.75) is 6.18 Å². The van der Waals surface area contributed by atoms with Crippen LogP contribution in [0.1, 0.15) is 11.3 Å². The summed E-state index contributed by atoms with van der Waals surface area (Å²) in [6.07, 6.45) is -2.62. The number of rotatable bonds is 5. The lowest BCUT2D eigenvalue weighted by Gasteiger charge is -2.09. The van der Waals surface area contributed by atoms with Crippen LogP contribution in [-0.2, 0) is 6.18 Å². The largest absolute Gasteiger partial charge is 0.463 e. The van der Waals surface area contributed by atoms with E-state index in [1.165, 1.54) is 18.4 Å². The Morgan fingerprint density at radius 3 is 2.17 bits per heavy atom. The van der Waals surface area contributed by atoms with E-state index in [1.54, 1.807) is 0 Å². The van der Waals surface area contributed by atoms with Gasteiger partial charge in [-0.2, -0.15) is 18.3 Å². The molecular weight excluding hydrogens is 337 g/mol. The van der Waals surface area contributed by atoms with Crippen LogP contribution >= 0.6 is 0 Å². The van der Waals surface area contributed by atoms with Crippen LogP contribution in [0.4, 0.5) is 30.2 Å². The average molecular weight is 344 g/mol. The summed E-state index contributed by atoms with van der Waals surface area (Å²) in [6.45, 7) is 0. The van der Waals surface area contributed by atoms with Gasteiger partial charge in [0.1, 0.15) is 5.76 Å². The molecule has 2 aromatic rings. The molecule has 0 spiro atoms. The Morgan fingerprint density at radius 2 is 1.75 bits per heavy atom. The normalized spacial score (nSPS) is 11.6. The molecule has 1 aromatic carbocycles. The van der Waals surface area contributed by atoms with E-state index >= 15 is 0 Å². The maximum atomic E-state index is 12.7. The Labute approximate surface area is 130 Å². The lowest BCUT2D eigenvalue weighted by Crippen LogP contribution is -2.09. The van der Waals surface area contributed by atoms with Gasteiger partial charge in [-0.05, 0) is 12.1 Å². The van der Waals surface area contributed by atoms with Gasteiger partial charge >= 0.3 is 17.6 Å². The number of benzene rings is 1. The van der Waals surface area contributed by atoms with Crippen LogP contribution < -0.4 is 5.43 Å². The summed E-state index contributed by atoms with van der Waals surface area (Å²) >= 11 is 0. The molecule has 1 heterocycles. The highest BCUT2D eigenvalue weighted by atomic mass is 19.4. The first-order chi connectivity index (χ1) is 11.2. The number of alkyl halides is 3. The maximum Gasteiger partial charge on any atom is 0.416 e. The van der Waals surface area contributed by atoms with Gasteiger partial charge in [-0.15, -0.1) is 0 Å². The minimum atomic E-state index is -4.98. The van der Waals surface area contributed by atoms with Crippen molar-refractivity contribution < 1.29 is 27.4 Å². The summed E-state index contributed by atoms with van der Waals surface area (Å²) in [5.41, 5.74) is -2.53. The zero-order chi connectivity index (χ0) is 17.9. The highest BCUT2D eigenvalue weighted by Gasteiger charge is 2.37. The lowest BCUT2D eigenvalue weighted by molar-refractivity contribution is -0.392. The van der Waals surface area contributed by atoms with Crippen LogP contribution in [-0.4, -0.2) is 16.1 Å². The van der Waals surface area contributed by atoms with Gasteiger partial charge in [0.25, 0.3) is 0 Å². The number of hydrogen-bond donors (Lipinski definition) is 1. The molecule has 0 bridgehead atoms. The molecule has 9 nitrogen and oxygen atoms in total. The molecule has 0 saturated carbocycles. The second-order valence-corrected chi connectivity index (χ2v) is 4.29. The number of nitrogens with zero attached hydrogens (tertiary/aromatic N) is 3. The van der Waals surface area contributed by atoms with Gasteiger partial charge < -0.3 is 4.42 Å². The van der Waals surface area contributed by atoms with E-state index < -0.39 is 38.6 Å². The number of anilines is 1. The van der Waals surface area contributed by atoms with Crippen molar-refractivity contribution in [3.05, 3.63) is 62.1 Å². The van der Waals surface area contributed by atoms with Crippen LogP contribution in [0, 0.1) is 20.2 Å². The van der Waals surface area contributed by atoms with Gasteiger partial charge in [-0.1, -0.05) is 0 Å². The predicted molar refractivity (Wildman–Crippen MR) is 74.7 cm³/mol. The highest BCUT2D eigenvalue weighted by molar-refractivity contribution is 5.79. The van der Waals surface area contributed by atoms with E-state index in [0.29, 0.717) is 0 Å². The molecule has 0 unspecified atom stereocenters. The smallest absolute Gasteiger partial charge is 0.416 e. The molecular formula is C12H7F3N4O5. The summed E-state index contributed by atoms with van der Waals surface area (Å²) in [5.74, 6) is 0.222. The first-order valence-electron chi connectivity index (χ1n) is 6.06. The summed E-state index contributed by atoms with van der Waals surface area (Å²) in [7, 11) is 0. The molecule has 2 rings (SSSR count). The van der Waals surface area contributed by atoms with E-state index in [-0.39, 0.29) is 17.9 Å². The van der Waals surface area contributed by atoms with Crippen LogP contribution in [0.2, 0.25) is 0 Å². The minimum absolute atomic E-state index is 0.192. The Balaban J connectivity index is 2.51. The third-order valence-corrected chi connectivity index (χ3v) is 2.73. The van der Waals surface area contributed by atoms with Crippen LogP contribution in [0.5, 0.6) is 0 Å². The second-order valence-electron chi connectivity index (χ2n) is 4.29. The predicted octanol–water partition coefficient (Wildman–Crippen LogP) is 3.56. The standard InChI is InChI=1S/C12H7F3N4O5/c13-12(14,15)7-4-9(18(20)21)11(10(5-7)19(22)23)17-16-6-8-2-1-3-24-8/h1-6,17H/b16-6-. The minimum Gasteiger partial charge on any atom is -0.463 e. The number of hydrazone groups is 1. The zero-order valence-corrected chi connectivity index (χ0v) is 11.5. The van der Waals surface area contributed by atoms with Gasteiger partial charge in [0.05, 0.1) is 27.9 Å². The Kier molecular flexibility index (Phi) is 4.48. The van der Waals surface area contributed by atoms with Crippen LogP contribution in [0.25, 0.3) is 0 Å². The summed E-state index contributed by atoms with van der Waals surface area (Å²) < 4.78 is 43.1. The van der Waals surface area contributed by atoms with Crippen LogP contribution in [0.15, 0.2) is 40.0 Å². The number of hydrogen-bond acceptors (Lipinski definition) is 7. The molecule has 126 valence electrons. The molecule has 0 saturated heterocycles. The third kappa shape index (κ3) is 3.66. The van der Waals surface area contributed by atoms with Gasteiger partial charge in [0, 0.05) is 12.1 Å². The second kappa shape index (κ2) is 6.36. The molecule has 1 aromatic heterocycles. The van der Waals surface area contributed by atoms with Crippen molar-refractivity contribution in [2.75, 3.05) is 5.43 Å². The molecule has 0 radical (unpaired) electrons. The fourth-order valence-corrected chi connectivity index (χ4v) is 1.70. The van der Waals surface area contributed by atoms with E-state index in [9.17, 15) is 33.4 Å². The third-order valence-electron chi connectivity index (χ3n) is 2.73. The Bertz CT molecular complexity index is 767. The molecule has 1 N–H and O–H groups in total. The quantitative estimate of drug-likeness (QED) is 0.502. The van der Waals surface area contributed by atoms with E-state index in [1.807, 2.05) is 5.43 Å². The summed E-state index contributed by atoms with van der Waals surface area (Å²) in [5, 5.41) is 25.4. The van der Waals surface area contributed by atoms with Gasteiger partial charge in [-0.3, -0.25) is 25.7 Å². The molecule has 0 aliphatic rings. The van der Waals surface area contributed by atoms with Crippen molar-refractivity contribution in [3.63, 3.8) is 0 Å². The van der Waals surface area contributed by atoms with Crippen molar-refractivity contribution in [1.29, 1.82) is 0 Å². The molecule has 0 atom stereocenters. The Hall–Kier alpha value is -3.44. The van der Waals surface area contributed by atoms with E-state index in [4.69, 9.17) is 4.42 Å². The molecule has 24 heavy (non-hydrogen) atoms. The first kappa shape index (κ1) is 16.9. The van der Waals surface area contributed by atoms with Crippen molar-refractivity contribution in [3.8, 4) is 0 Å². The van der Waals surface area contributed by atoms with Crippen LogP contribution in [0.3, 0.4) is 0 Å². The van der Waals surface area contributed by atoms with E-state index in [0.717, 1.165) is 6.21 Å². The van der Waals surface area contributed by atoms with Gasteiger partial charge in [-0.25, -0.2) is 0 Å².